The highest BCUT2D eigenvalue weighted by Crippen LogP contribution is 2.47. The highest BCUT2D eigenvalue weighted by molar-refractivity contribution is 5.94. The molecule has 1 aromatic carbocycles. The second-order valence-corrected chi connectivity index (χ2v) is 5.87. The van der Waals surface area contributed by atoms with E-state index in [1.165, 1.54) is 0 Å². The molecule has 1 aromatic rings. The smallest absolute Gasteiger partial charge is 0.251 e. The highest BCUT2D eigenvalue weighted by Gasteiger charge is 2.44. The molecule has 1 saturated carbocycles. The molecule has 0 bridgehead atoms. The van der Waals surface area contributed by atoms with Crippen LogP contribution in [0.15, 0.2) is 18.2 Å². The Hall–Kier alpha value is -1.46. The van der Waals surface area contributed by atoms with Crippen LogP contribution in [0, 0.1) is 0 Å². The first kappa shape index (κ1) is 16.9. The summed E-state index contributed by atoms with van der Waals surface area (Å²) in [6, 6.07) is 5.02. The van der Waals surface area contributed by atoms with Gasteiger partial charge < -0.3 is 20.5 Å². The number of halogens is 1. The Labute approximate surface area is 137 Å². The number of ether oxygens (including phenoxy) is 2. The van der Waals surface area contributed by atoms with Crippen LogP contribution in [0.5, 0.6) is 11.5 Å². The van der Waals surface area contributed by atoms with Gasteiger partial charge in [-0.05, 0) is 31.4 Å². The summed E-state index contributed by atoms with van der Waals surface area (Å²) in [5.41, 5.74) is 6.51. The number of nitrogens with one attached hydrogen (secondary N) is 1. The summed E-state index contributed by atoms with van der Waals surface area (Å²) in [5, 5.41) is 2.84. The molecule has 0 aromatic heterocycles. The van der Waals surface area contributed by atoms with E-state index in [9.17, 15) is 4.79 Å². The van der Waals surface area contributed by atoms with Crippen LogP contribution in [0.4, 0.5) is 5.69 Å². The molecule has 5 nitrogen and oxygen atoms in total. The predicted octanol–water partition coefficient (Wildman–Crippen LogP) is 3.22. The third-order valence-corrected chi connectivity index (χ3v) is 4.10. The Morgan fingerprint density at radius 2 is 2.00 bits per heavy atom. The van der Waals surface area contributed by atoms with Crippen molar-refractivity contribution < 1.29 is 14.3 Å². The van der Waals surface area contributed by atoms with E-state index in [0.717, 1.165) is 37.9 Å². The fraction of sp³-hybridized carbons (Fsp3) is 0.562. The maximum atomic E-state index is 11.9. The van der Waals surface area contributed by atoms with Crippen LogP contribution in [0.2, 0.25) is 0 Å². The average molecular weight is 327 g/mol. The minimum absolute atomic E-state index is 0. The van der Waals surface area contributed by atoms with Gasteiger partial charge in [0.1, 0.15) is 0 Å². The van der Waals surface area contributed by atoms with E-state index in [0.29, 0.717) is 17.9 Å². The van der Waals surface area contributed by atoms with Crippen LogP contribution < -0.4 is 20.5 Å². The molecular weight excluding hydrogens is 304 g/mol. The van der Waals surface area contributed by atoms with Crippen molar-refractivity contribution in [3.05, 3.63) is 18.2 Å². The minimum Gasteiger partial charge on any atom is -0.448 e. The number of rotatable bonds is 4. The molecule has 1 aliphatic heterocycles. The van der Waals surface area contributed by atoms with Crippen LogP contribution in [0.1, 0.15) is 45.4 Å². The van der Waals surface area contributed by atoms with Gasteiger partial charge in [0.25, 0.3) is 5.79 Å². The number of carbonyl (C=O) groups excluding carboxylic acids is 1. The van der Waals surface area contributed by atoms with E-state index in [1.807, 2.05) is 25.1 Å². The number of nitrogens with two attached hydrogens (primary N) is 1. The van der Waals surface area contributed by atoms with E-state index >= 15 is 0 Å². The Balaban J connectivity index is 0.00000176. The lowest BCUT2D eigenvalue weighted by Gasteiger charge is -2.21. The minimum atomic E-state index is -0.471. The van der Waals surface area contributed by atoms with Gasteiger partial charge in [-0.15, -0.1) is 12.4 Å². The van der Waals surface area contributed by atoms with Gasteiger partial charge in [-0.3, -0.25) is 4.79 Å². The molecule has 3 N–H and O–H groups in total. The SMILES string of the molecule is CCCC(N)C(=O)Nc1ccc2c(c1)OC1(CCCC1)O2.Cl. The van der Waals surface area contributed by atoms with Crippen molar-refractivity contribution in [1.29, 1.82) is 0 Å². The first-order valence-electron chi connectivity index (χ1n) is 7.70. The van der Waals surface area contributed by atoms with Crippen molar-refractivity contribution in [3.8, 4) is 11.5 Å². The van der Waals surface area contributed by atoms with Gasteiger partial charge in [0.05, 0.1) is 6.04 Å². The Morgan fingerprint density at radius 3 is 2.68 bits per heavy atom. The maximum Gasteiger partial charge on any atom is 0.251 e. The van der Waals surface area contributed by atoms with Gasteiger partial charge in [-0.2, -0.15) is 0 Å². The number of amides is 1. The van der Waals surface area contributed by atoms with Crippen molar-refractivity contribution in [2.45, 2.75) is 57.3 Å². The standard InChI is InChI=1S/C16H22N2O3.ClH/c1-2-5-12(17)15(19)18-11-6-7-13-14(10-11)21-16(20-13)8-3-4-9-16;/h6-7,10,12H,2-5,8-9,17H2,1H3,(H,18,19);1H. The van der Waals surface area contributed by atoms with E-state index in [2.05, 4.69) is 5.32 Å². The summed E-state index contributed by atoms with van der Waals surface area (Å²) in [4.78, 5) is 11.9. The van der Waals surface area contributed by atoms with Crippen molar-refractivity contribution in [2.75, 3.05) is 5.32 Å². The zero-order chi connectivity index (χ0) is 14.9. The second kappa shape index (κ2) is 6.75. The molecule has 1 aliphatic carbocycles. The average Bonchev–Trinajstić information content (AvgIpc) is 3.05. The molecule has 1 atom stereocenters. The largest absolute Gasteiger partial charge is 0.448 e. The molecule has 122 valence electrons. The van der Waals surface area contributed by atoms with E-state index in [-0.39, 0.29) is 18.3 Å². The molecule has 22 heavy (non-hydrogen) atoms. The zero-order valence-electron chi connectivity index (χ0n) is 12.8. The fourth-order valence-corrected chi connectivity index (χ4v) is 2.97. The molecule has 3 rings (SSSR count). The van der Waals surface area contributed by atoms with Gasteiger partial charge in [-0.1, -0.05) is 13.3 Å². The van der Waals surface area contributed by atoms with Crippen molar-refractivity contribution in [2.24, 2.45) is 5.73 Å². The molecular formula is C16H23ClN2O3. The molecule has 0 saturated heterocycles. The third-order valence-electron chi connectivity index (χ3n) is 4.10. The quantitative estimate of drug-likeness (QED) is 0.891. The Kier molecular flexibility index (Phi) is 5.19. The molecule has 6 heteroatoms. The summed E-state index contributed by atoms with van der Waals surface area (Å²) in [6.07, 6.45) is 5.67. The topological polar surface area (TPSA) is 73.6 Å². The lowest BCUT2D eigenvalue weighted by molar-refractivity contribution is -0.117. The number of carbonyl (C=O) groups is 1. The van der Waals surface area contributed by atoms with Gasteiger partial charge in [-0.25, -0.2) is 0 Å². The number of anilines is 1. The number of fused-ring (bicyclic) bond motifs is 1. The first-order valence-corrected chi connectivity index (χ1v) is 7.70. The lowest BCUT2D eigenvalue weighted by Crippen LogP contribution is -2.35. The van der Waals surface area contributed by atoms with Crippen LogP contribution in [-0.4, -0.2) is 17.7 Å². The van der Waals surface area contributed by atoms with Crippen molar-refractivity contribution in [1.82, 2.24) is 0 Å². The summed E-state index contributed by atoms with van der Waals surface area (Å²) < 4.78 is 11.9. The van der Waals surface area contributed by atoms with Gasteiger partial charge in [0, 0.05) is 24.6 Å². The van der Waals surface area contributed by atoms with Crippen molar-refractivity contribution in [3.63, 3.8) is 0 Å². The van der Waals surface area contributed by atoms with Crippen LogP contribution >= 0.6 is 12.4 Å². The summed E-state index contributed by atoms with van der Waals surface area (Å²) >= 11 is 0. The van der Waals surface area contributed by atoms with Crippen LogP contribution in [0.3, 0.4) is 0 Å². The van der Waals surface area contributed by atoms with Crippen LogP contribution in [0.25, 0.3) is 0 Å². The van der Waals surface area contributed by atoms with Gasteiger partial charge in [0.15, 0.2) is 11.5 Å². The molecule has 1 amide bonds. The van der Waals surface area contributed by atoms with Crippen molar-refractivity contribution >= 4 is 24.0 Å². The molecule has 0 radical (unpaired) electrons. The molecule has 1 unspecified atom stereocenters. The maximum absolute atomic E-state index is 11.9. The molecule has 1 fully saturated rings. The van der Waals surface area contributed by atoms with E-state index in [4.69, 9.17) is 15.2 Å². The predicted molar refractivity (Wildman–Crippen MR) is 87.7 cm³/mol. The van der Waals surface area contributed by atoms with E-state index in [1.54, 1.807) is 0 Å². The third kappa shape index (κ3) is 3.31. The van der Waals surface area contributed by atoms with Gasteiger partial charge >= 0.3 is 0 Å². The Morgan fingerprint density at radius 1 is 1.32 bits per heavy atom. The molecule has 2 aliphatic rings. The highest BCUT2D eigenvalue weighted by atomic mass is 35.5. The lowest BCUT2D eigenvalue weighted by atomic mass is 10.1. The first-order chi connectivity index (χ1) is 10.1. The second-order valence-electron chi connectivity index (χ2n) is 5.87. The summed E-state index contributed by atoms with van der Waals surface area (Å²) in [5.74, 6) is 0.835. The molecule has 1 spiro atoms. The van der Waals surface area contributed by atoms with E-state index < -0.39 is 11.8 Å². The van der Waals surface area contributed by atoms with Crippen LogP contribution in [-0.2, 0) is 4.79 Å². The zero-order valence-corrected chi connectivity index (χ0v) is 13.6. The number of hydrogen-bond acceptors (Lipinski definition) is 4. The number of benzene rings is 1. The summed E-state index contributed by atoms with van der Waals surface area (Å²) in [7, 11) is 0. The Bertz CT molecular complexity index is 544. The summed E-state index contributed by atoms with van der Waals surface area (Å²) in [6.45, 7) is 2.01. The van der Waals surface area contributed by atoms with Gasteiger partial charge in [0.2, 0.25) is 5.91 Å². The number of hydrogen-bond donors (Lipinski definition) is 2. The molecule has 1 heterocycles. The normalized spacial score (nSPS) is 18.8. The monoisotopic (exact) mass is 326 g/mol. The fourth-order valence-electron chi connectivity index (χ4n) is 2.97.